The highest BCUT2D eigenvalue weighted by atomic mass is 16.6. The number of nitrogens with zero attached hydrogens (tertiary/aromatic N) is 1. The lowest BCUT2D eigenvalue weighted by atomic mass is 10.2. The Labute approximate surface area is 75.3 Å². The molecule has 0 saturated heterocycles. The maximum atomic E-state index is 10.4. The average molecular weight is 185 g/mol. The zero-order chi connectivity index (χ0) is 9.84. The first-order chi connectivity index (χ1) is 6.09. The smallest absolute Gasteiger partial charge is 0.394 e. The Balaban J connectivity index is 2.54. The maximum Gasteiger partial charge on any atom is 0.394 e. The Morgan fingerprint density at radius 2 is 2.46 bits per heavy atom. The number of hydrogen-bond donors (Lipinski definition) is 1. The van der Waals surface area contributed by atoms with E-state index in [-0.39, 0.29) is 11.8 Å². The number of carbonyl (C=O) groups is 1. The van der Waals surface area contributed by atoms with Crippen molar-refractivity contribution in [1.29, 1.82) is 0 Å². The summed E-state index contributed by atoms with van der Waals surface area (Å²) in [6.45, 7) is 4.40. The van der Waals surface area contributed by atoms with Gasteiger partial charge in [0, 0.05) is 0 Å². The summed E-state index contributed by atoms with van der Waals surface area (Å²) in [5.74, 6) is -0.775. The van der Waals surface area contributed by atoms with Crippen LogP contribution in [0.25, 0.3) is 0 Å². The number of oxazole rings is 1. The topological polar surface area (TPSA) is 72.6 Å². The molecule has 72 valence electrons. The van der Waals surface area contributed by atoms with E-state index < -0.39 is 5.97 Å². The Bertz CT molecular complexity index is 292. The molecule has 0 aliphatic carbocycles. The van der Waals surface area contributed by atoms with Crippen molar-refractivity contribution in [3.63, 3.8) is 0 Å². The minimum atomic E-state index is -1.12. The number of hydrogen-bond acceptors (Lipinski definition) is 4. The van der Waals surface area contributed by atoms with Gasteiger partial charge in [-0.05, 0) is 5.92 Å². The molecule has 0 aliphatic rings. The molecule has 0 amide bonds. The molecule has 1 N–H and O–H groups in total. The van der Waals surface area contributed by atoms with Gasteiger partial charge in [-0.25, -0.2) is 4.79 Å². The van der Waals surface area contributed by atoms with E-state index in [1.165, 1.54) is 0 Å². The highest BCUT2D eigenvalue weighted by Gasteiger charge is 2.11. The predicted octanol–water partition coefficient (Wildman–Crippen LogP) is 1.41. The zero-order valence-corrected chi connectivity index (χ0v) is 7.48. The van der Waals surface area contributed by atoms with E-state index in [0.29, 0.717) is 12.5 Å². The van der Waals surface area contributed by atoms with Crippen LogP contribution in [-0.4, -0.2) is 22.7 Å². The molecule has 0 bridgehead atoms. The normalized spacial score (nSPS) is 10.4. The summed E-state index contributed by atoms with van der Waals surface area (Å²) >= 11 is 0. The summed E-state index contributed by atoms with van der Waals surface area (Å²) in [5.41, 5.74) is -0.140. The molecule has 13 heavy (non-hydrogen) atoms. The fourth-order valence-corrected chi connectivity index (χ4v) is 0.660. The van der Waals surface area contributed by atoms with Gasteiger partial charge in [-0.1, -0.05) is 13.8 Å². The Morgan fingerprint density at radius 1 is 1.77 bits per heavy atom. The van der Waals surface area contributed by atoms with Crippen molar-refractivity contribution < 1.29 is 19.1 Å². The molecule has 0 radical (unpaired) electrons. The molecule has 0 saturated carbocycles. The third-order valence-electron chi connectivity index (χ3n) is 1.24. The number of rotatable bonds is 4. The van der Waals surface area contributed by atoms with Gasteiger partial charge in [-0.2, -0.15) is 4.98 Å². The Kier molecular flexibility index (Phi) is 2.89. The van der Waals surface area contributed by atoms with Crippen LogP contribution in [0.15, 0.2) is 10.7 Å². The molecule has 1 rings (SSSR count). The van der Waals surface area contributed by atoms with E-state index in [4.69, 9.17) is 14.3 Å². The van der Waals surface area contributed by atoms with Crippen LogP contribution >= 0.6 is 0 Å². The molecule has 0 aliphatic heterocycles. The fraction of sp³-hybridized carbons (Fsp3) is 0.500. The van der Waals surface area contributed by atoms with Crippen LogP contribution < -0.4 is 4.74 Å². The first-order valence-corrected chi connectivity index (χ1v) is 3.91. The van der Waals surface area contributed by atoms with Crippen LogP contribution in [0.3, 0.4) is 0 Å². The van der Waals surface area contributed by atoms with E-state index in [2.05, 4.69) is 4.98 Å². The molecular weight excluding hydrogens is 174 g/mol. The molecule has 5 nitrogen and oxygen atoms in total. The zero-order valence-electron chi connectivity index (χ0n) is 7.48. The summed E-state index contributed by atoms with van der Waals surface area (Å²) in [6.07, 6.45) is 1.06. The monoisotopic (exact) mass is 185 g/mol. The molecule has 5 heteroatoms. The summed E-state index contributed by atoms with van der Waals surface area (Å²) in [6, 6.07) is 0. The van der Waals surface area contributed by atoms with Gasteiger partial charge < -0.3 is 14.3 Å². The predicted molar refractivity (Wildman–Crippen MR) is 43.8 cm³/mol. The van der Waals surface area contributed by atoms with Crippen LogP contribution in [0.4, 0.5) is 0 Å². The maximum absolute atomic E-state index is 10.4. The number of carboxylic acid groups (broad SMARTS) is 1. The first kappa shape index (κ1) is 9.57. The minimum absolute atomic E-state index is 0.00565. The van der Waals surface area contributed by atoms with E-state index in [1.807, 2.05) is 13.8 Å². The Hall–Kier alpha value is -1.52. The van der Waals surface area contributed by atoms with Gasteiger partial charge in [0.15, 0.2) is 5.69 Å². The van der Waals surface area contributed by atoms with Crippen LogP contribution in [-0.2, 0) is 0 Å². The van der Waals surface area contributed by atoms with Gasteiger partial charge in [0.2, 0.25) is 0 Å². The van der Waals surface area contributed by atoms with Gasteiger partial charge >= 0.3 is 12.0 Å². The average Bonchev–Trinajstić information content (AvgIpc) is 2.48. The van der Waals surface area contributed by atoms with Gasteiger partial charge in [0.25, 0.3) is 0 Å². The molecule has 1 aromatic heterocycles. The Morgan fingerprint density at radius 3 is 2.92 bits per heavy atom. The molecular formula is C8H11NO4. The standard InChI is InChI=1S/C8H11NO4/c1-5(2)3-12-8-9-6(4-13-8)7(10)11/h4-5H,3H2,1-2H3,(H,10,11). The van der Waals surface area contributed by atoms with Crippen molar-refractivity contribution in [1.82, 2.24) is 4.98 Å². The van der Waals surface area contributed by atoms with E-state index in [1.54, 1.807) is 0 Å². The molecule has 0 atom stereocenters. The van der Waals surface area contributed by atoms with Gasteiger partial charge in [0.05, 0.1) is 6.61 Å². The van der Waals surface area contributed by atoms with Crippen molar-refractivity contribution in [3.8, 4) is 6.08 Å². The van der Waals surface area contributed by atoms with E-state index >= 15 is 0 Å². The van der Waals surface area contributed by atoms with E-state index in [9.17, 15) is 4.79 Å². The van der Waals surface area contributed by atoms with Crippen LogP contribution in [0.1, 0.15) is 24.3 Å². The molecule has 0 unspecified atom stereocenters. The van der Waals surface area contributed by atoms with E-state index in [0.717, 1.165) is 6.26 Å². The highest BCUT2D eigenvalue weighted by molar-refractivity contribution is 5.84. The van der Waals surface area contributed by atoms with Crippen LogP contribution in [0.5, 0.6) is 6.08 Å². The van der Waals surface area contributed by atoms with Crippen molar-refractivity contribution in [2.24, 2.45) is 5.92 Å². The quantitative estimate of drug-likeness (QED) is 0.767. The second-order valence-electron chi connectivity index (χ2n) is 3.01. The molecule has 1 heterocycles. The number of carboxylic acids is 1. The van der Waals surface area contributed by atoms with Crippen molar-refractivity contribution in [3.05, 3.63) is 12.0 Å². The summed E-state index contributed by atoms with van der Waals surface area (Å²) in [4.78, 5) is 14.0. The number of aromatic nitrogens is 1. The summed E-state index contributed by atoms with van der Waals surface area (Å²) in [7, 11) is 0. The van der Waals surface area contributed by atoms with Gasteiger partial charge in [-0.3, -0.25) is 0 Å². The number of ether oxygens (including phenoxy) is 1. The lowest BCUT2D eigenvalue weighted by Crippen LogP contribution is -2.05. The van der Waals surface area contributed by atoms with Gasteiger partial charge in [-0.15, -0.1) is 0 Å². The first-order valence-electron chi connectivity index (χ1n) is 3.91. The second kappa shape index (κ2) is 3.93. The summed E-state index contributed by atoms with van der Waals surface area (Å²) in [5, 5.41) is 8.50. The van der Waals surface area contributed by atoms with Crippen LogP contribution in [0, 0.1) is 5.92 Å². The lowest BCUT2D eigenvalue weighted by molar-refractivity contribution is 0.0690. The molecule has 0 spiro atoms. The van der Waals surface area contributed by atoms with Crippen molar-refractivity contribution >= 4 is 5.97 Å². The number of aromatic carboxylic acids is 1. The van der Waals surface area contributed by atoms with Crippen LogP contribution in [0.2, 0.25) is 0 Å². The third-order valence-corrected chi connectivity index (χ3v) is 1.24. The fourth-order valence-electron chi connectivity index (χ4n) is 0.660. The molecule has 1 aromatic rings. The second-order valence-corrected chi connectivity index (χ2v) is 3.01. The molecule has 0 fully saturated rings. The van der Waals surface area contributed by atoms with Crippen molar-refractivity contribution in [2.75, 3.05) is 6.61 Å². The minimum Gasteiger partial charge on any atom is -0.476 e. The molecule has 0 aromatic carbocycles. The third kappa shape index (κ3) is 2.77. The highest BCUT2D eigenvalue weighted by Crippen LogP contribution is 2.10. The van der Waals surface area contributed by atoms with Gasteiger partial charge in [0.1, 0.15) is 6.26 Å². The summed E-state index contributed by atoms with van der Waals surface area (Å²) < 4.78 is 9.82. The lowest BCUT2D eigenvalue weighted by Gasteiger charge is -2.02. The van der Waals surface area contributed by atoms with Crippen molar-refractivity contribution in [2.45, 2.75) is 13.8 Å². The SMILES string of the molecule is CC(C)COc1nc(C(=O)O)co1. The largest absolute Gasteiger partial charge is 0.476 e.